The molecule has 0 aromatic carbocycles. The number of hydrogen-bond donors (Lipinski definition) is 1. The van der Waals surface area contributed by atoms with Gasteiger partial charge < -0.3 is 9.80 Å². The predicted octanol–water partition coefficient (Wildman–Crippen LogP) is 0.206. The summed E-state index contributed by atoms with van der Waals surface area (Å²) in [6.07, 6.45) is 0. The average molecular weight is 210 g/mol. The van der Waals surface area contributed by atoms with Gasteiger partial charge in [0.2, 0.25) is 5.95 Å². The van der Waals surface area contributed by atoms with E-state index in [1.54, 1.807) is 4.90 Å². The van der Waals surface area contributed by atoms with Gasteiger partial charge in [-0.15, -0.1) is 0 Å². The fourth-order valence-electron chi connectivity index (χ4n) is 1.31. The highest BCUT2D eigenvalue weighted by Crippen LogP contribution is 2.05. The minimum Gasteiger partial charge on any atom is -0.348 e. The maximum absolute atomic E-state index is 11.8. The Bertz CT molecular complexity index is 395. The lowest BCUT2D eigenvalue weighted by Crippen LogP contribution is -2.26. The van der Waals surface area contributed by atoms with Gasteiger partial charge in [0, 0.05) is 20.6 Å². The first-order valence-corrected chi connectivity index (χ1v) is 4.83. The van der Waals surface area contributed by atoms with E-state index in [0.717, 1.165) is 11.3 Å². The molecule has 0 bridgehead atoms. The molecule has 1 heterocycles. The first-order valence-electron chi connectivity index (χ1n) is 4.83. The Hall–Kier alpha value is -1.36. The third-order valence-electron chi connectivity index (χ3n) is 2.11. The van der Waals surface area contributed by atoms with E-state index in [0.29, 0.717) is 12.5 Å². The smallest absolute Gasteiger partial charge is 0.257 e. The minimum atomic E-state index is -0.0556. The van der Waals surface area contributed by atoms with Gasteiger partial charge >= 0.3 is 0 Å². The van der Waals surface area contributed by atoms with Gasteiger partial charge in [0.05, 0.1) is 11.3 Å². The van der Waals surface area contributed by atoms with E-state index in [-0.39, 0.29) is 5.56 Å². The maximum atomic E-state index is 11.8. The summed E-state index contributed by atoms with van der Waals surface area (Å²) in [5.74, 6) is 0.597. The Kier molecular flexibility index (Phi) is 3.47. The lowest BCUT2D eigenvalue weighted by molar-refractivity contribution is 0.398. The number of hydrogen-bond acceptors (Lipinski definition) is 4. The van der Waals surface area contributed by atoms with Crippen LogP contribution in [0.15, 0.2) is 4.79 Å². The molecule has 0 fully saturated rings. The molecule has 0 aliphatic rings. The van der Waals surface area contributed by atoms with E-state index in [1.807, 2.05) is 40.0 Å². The van der Waals surface area contributed by atoms with E-state index in [9.17, 15) is 4.79 Å². The second kappa shape index (κ2) is 4.44. The van der Waals surface area contributed by atoms with Crippen molar-refractivity contribution in [2.24, 2.45) is 0 Å². The van der Waals surface area contributed by atoms with E-state index in [1.165, 1.54) is 0 Å². The molecule has 0 unspecified atom stereocenters. The number of anilines is 1. The average Bonchev–Trinajstić information content (AvgIpc) is 2.10. The van der Waals surface area contributed by atoms with Gasteiger partial charge in [0.25, 0.3) is 5.56 Å². The van der Waals surface area contributed by atoms with Crippen LogP contribution in [0.4, 0.5) is 5.95 Å². The molecule has 0 amide bonds. The summed E-state index contributed by atoms with van der Waals surface area (Å²) in [4.78, 5) is 22.6. The van der Waals surface area contributed by atoms with Crippen LogP contribution in [-0.2, 0) is 6.54 Å². The standard InChI is InChI=1S/C10H18N4O/c1-7-8(6-13(2)3)9(15)12-10(11-7)14(4)5/h6H2,1-5H3,(H,11,12,15). The van der Waals surface area contributed by atoms with Gasteiger partial charge in [0.15, 0.2) is 0 Å². The van der Waals surface area contributed by atoms with Gasteiger partial charge in [-0.2, -0.15) is 0 Å². The molecule has 0 saturated heterocycles. The Morgan fingerprint density at radius 1 is 1.27 bits per heavy atom. The van der Waals surface area contributed by atoms with Gasteiger partial charge in [-0.05, 0) is 21.0 Å². The number of aryl methyl sites for hydroxylation is 1. The molecule has 15 heavy (non-hydrogen) atoms. The van der Waals surface area contributed by atoms with Gasteiger partial charge in [-0.1, -0.05) is 0 Å². The normalized spacial score (nSPS) is 10.8. The molecule has 0 radical (unpaired) electrons. The summed E-state index contributed by atoms with van der Waals surface area (Å²) in [6.45, 7) is 2.48. The molecule has 5 heteroatoms. The number of rotatable bonds is 3. The fourth-order valence-corrected chi connectivity index (χ4v) is 1.31. The fraction of sp³-hybridized carbons (Fsp3) is 0.600. The van der Waals surface area contributed by atoms with Crippen LogP contribution in [0.2, 0.25) is 0 Å². The molecular weight excluding hydrogens is 192 g/mol. The Morgan fingerprint density at radius 2 is 1.87 bits per heavy atom. The highest BCUT2D eigenvalue weighted by molar-refractivity contribution is 5.30. The molecule has 84 valence electrons. The summed E-state index contributed by atoms with van der Waals surface area (Å²) >= 11 is 0. The topological polar surface area (TPSA) is 52.2 Å². The van der Waals surface area contributed by atoms with E-state index in [2.05, 4.69) is 9.97 Å². The monoisotopic (exact) mass is 210 g/mol. The van der Waals surface area contributed by atoms with Crippen molar-refractivity contribution < 1.29 is 0 Å². The van der Waals surface area contributed by atoms with Crippen LogP contribution < -0.4 is 10.5 Å². The molecule has 1 aromatic heterocycles. The SMILES string of the molecule is Cc1nc(N(C)C)[nH]c(=O)c1CN(C)C. The summed E-state index contributed by atoms with van der Waals surface area (Å²) in [5, 5.41) is 0. The molecule has 1 rings (SSSR count). The summed E-state index contributed by atoms with van der Waals surface area (Å²) < 4.78 is 0. The largest absolute Gasteiger partial charge is 0.348 e. The molecule has 5 nitrogen and oxygen atoms in total. The van der Waals surface area contributed by atoms with Crippen LogP contribution in [0.3, 0.4) is 0 Å². The van der Waals surface area contributed by atoms with E-state index in [4.69, 9.17) is 0 Å². The third kappa shape index (κ3) is 2.79. The number of nitrogens with zero attached hydrogens (tertiary/aromatic N) is 3. The van der Waals surface area contributed by atoms with E-state index >= 15 is 0 Å². The molecule has 1 aromatic rings. The number of nitrogens with one attached hydrogen (secondary N) is 1. The number of aromatic nitrogens is 2. The van der Waals surface area contributed by atoms with Gasteiger partial charge in [0.1, 0.15) is 0 Å². The lowest BCUT2D eigenvalue weighted by Gasteiger charge is -2.15. The second-order valence-electron chi connectivity index (χ2n) is 4.09. The van der Waals surface area contributed by atoms with Crippen LogP contribution in [-0.4, -0.2) is 43.1 Å². The minimum absolute atomic E-state index is 0.0556. The highest BCUT2D eigenvalue weighted by Gasteiger charge is 2.09. The van der Waals surface area contributed by atoms with E-state index < -0.39 is 0 Å². The van der Waals surface area contributed by atoms with Crippen LogP contribution in [0.1, 0.15) is 11.3 Å². The van der Waals surface area contributed by atoms with Crippen molar-refractivity contribution in [2.45, 2.75) is 13.5 Å². The second-order valence-corrected chi connectivity index (χ2v) is 4.09. The van der Waals surface area contributed by atoms with Crippen molar-refractivity contribution >= 4 is 5.95 Å². The number of aromatic amines is 1. The Balaban J connectivity index is 3.16. The van der Waals surface area contributed by atoms with Crippen molar-refractivity contribution in [1.82, 2.24) is 14.9 Å². The van der Waals surface area contributed by atoms with Crippen LogP contribution >= 0.6 is 0 Å². The van der Waals surface area contributed by atoms with Crippen molar-refractivity contribution in [3.05, 3.63) is 21.6 Å². The maximum Gasteiger partial charge on any atom is 0.257 e. The first kappa shape index (κ1) is 11.7. The number of H-pyrrole nitrogens is 1. The molecule has 0 atom stereocenters. The Labute approximate surface area is 89.7 Å². The zero-order valence-corrected chi connectivity index (χ0v) is 9.96. The van der Waals surface area contributed by atoms with Crippen LogP contribution in [0, 0.1) is 6.92 Å². The quantitative estimate of drug-likeness (QED) is 0.774. The van der Waals surface area contributed by atoms with Crippen molar-refractivity contribution in [3.8, 4) is 0 Å². The highest BCUT2D eigenvalue weighted by atomic mass is 16.1. The predicted molar refractivity (Wildman–Crippen MR) is 61.3 cm³/mol. The van der Waals surface area contributed by atoms with Crippen molar-refractivity contribution in [3.63, 3.8) is 0 Å². The van der Waals surface area contributed by atoms with Crippen LogP contribution in [0.5, 0.6) is 0 Å². The summed E-state index contributed by atoms with van der Waals surface area (Å²) in [5.41, 5.74) is 1.46. The third-order valence-corrected chi connectivity index (χ3v) is 2.11. The molecular formula is C10H18N4O. The van der Waals surface area contributed by atoms with Crippen LogP contribution in [0.25, 0.3) is 0 Å². The molecule has 0 spiro atoms. The molecule has 1 N–H and O–H groups in total. The zero-order valence-electron chi connectivity index (χ0n) is 9.96. The van der Waals surface area contributed by atoms with Gasteiger partial charge in [-0.25, -0.2) is 4.98 Å². The summed E-state index contributed by atoms with van der Waals surface area (Å²) in [6, 6.07) is 0. The molecule has 0 aliphatic heterocycles. The van der Waals surface area contributed by atoms with Crippen molar-refractivity contribution in [2.75, 3.05) is 33.1 Å². The molecule has 0 saturated carbocycles. The lowest BCUT2D eigenvalue weighted by atomic mass is 10.2. The molecule has 0 aliphatic carbocycles. The van der Waals surface area contributed by atoms with Crippen molar-refractivity contribution in [1.29, 1.82) is 0 Å². The first-order chi connectivity index (χ1) is 6.91. The summed E-state index contributed by atoms with van der Waals surface area (Å²) in [7, 11) is 7.56. The Morgan fingerprint density at radius 3 is 2.27 bits per heavy atom. The zero-order chi connectivity index (χ0) is 11.6. The van der Waals surface area contributed by atoms with Gasteiger partial charge in [-0.3, -0.25) is 9.78 Å².